The van der Waals surface area contributed by atoms with Crippen LogP contribution in [0.15, 0.2) is 18.2 Å². The van der Waals surface area contributed by atoms with Crippen molar-refractivity contribution < 1.29 is 28.7 Å². The highest BCUT2D eigenvalue weighted by Gasteiger charge is 2.47. The summed E-state index contributed by atoms with van der Waals surface area (Å²) in [6, 6.07) is 3.99. The van der Waals surface area contributed by atoms with Crippen LogP contribution in [0.25, 0.3) is 0 Å². The molecule has 1 aromatic carbocycles. The first-order chi connectivity index (χ1) is 13.8. The minimum absolute atomic E-state index is 0.0214. The van der Waals surface area contributed by atoms with Gasteiger partial charge in [0.2, 0.25) is 5.91 Å². The Morgan fingerprint density at radius 3 is 2.48 bits per heavy atom. The van der Waals surface area contributed by atoms with Crippen molar-refractivity contribution in [2.24, 2.45) is 0 Å². The second-order valence-electron chi connectivity index (χ2n) is 7.55. The molecule has 8 nitrogen and oxygen atoms in total. The number of ether oxygens (including phenoxy) is 1. The maximum absolute atomic E-state index is 12.9. The third-order valence-corrected chi connectivity index (χ3v) is 5.21. The first-order valence-electron chi connectivity index (χ1n) is 9.77. The molecular formula is C21H24N2O6. The lowest BCUT2D eigenvalue weighted by Crippen LogP contribution is -2.56. The number of amides is 4. The van der Waals surface area contributed by atoms with Crippen molar-refractivity contribution in [2.45, 2.75) is 58.4 Å². The molecule has 0 aliphatic carbocycles. The highest BCUT2D eigenvalue weighted by atomic mass is 16.5. The van der Waals surface area contributed by atoms with Gasteiger partial charge in [-0.1, -0.05) is 26.8 Å². The number of hydrogen-bond acceptors (Lipinski definition) is 6. The number of carbonyl (C=O) groups excluding carboxylic acids is 5. The van der Waals surface area contributed by atoms with Crippen molar-refractivity contribution in [3.63, 3.8) is 0 Å². The largest absolute Gasteiger partial charge is 0.444 e. The zero-order valence-corrected chi connectivity index (χ0v) is 16.8. The number of piperidine rings is 1. The van der Waals surface area contributed by atoms with E-state index in [0.29, 0.717) is 6.42 Å². The van der Waals surface area contributed by atoms with Crippen molar-refractivity contribution in [3.8, 4) is 0 Å². The van der Waals surface area contributed by atoms with Gasteiger partial charge in [0.1, 0.15) is 6.04 Å². The normalized spacial score (nSPS) is 19.2. The summed E-state index contributed by atoms with van der Waals surface area (Å²) in [6.07, 6.45) is 0.791. The number of esters is 1. The maximum atomic E-state index is 12.9. The molecule has 2 aliphatic heterocycles. The van der Waals surface area contributed by atoms with Crippen LogP contribution in [0.4, 0.5) is 0 Å². The summed E-state index contributed by atoms with van der Waals surface area (Å²) in [5.41, 5.74) is 1.44. The van der Waals surface area contributed by atoms with E-state index in [0.717, 1.165) is 15.4 Å². The van der Waals surface area contributed by atoms with Gasteiger partial charge < -0.3 is 4.74 Å². The Labute approximate surface area is 168 Å². The third kappa shape index (κ3) is 3.79. The molecule has 29 heavy (non-hydrogen) atoms. The first kappa shape index (κ1) is 20.7. The minimum atomic E-state index is -1.09. The Bertz CT molecular complexity index is 891. The number of nitrogens with zero attached hydrogens (tertiary/aromatic N) is 2. The summed E-state index contributed by atoms with van der Waals surface area (Å²) in [5.74, 6) is -2.62. The number of carbonyl (C=O) groups is 5. The topological polar surface area (TPSA) is 101 Å². The van der Waals surface area contributed by atoms with Gasteiger partial charge in [-0.2, -0.15) is 0 Å². The lowest BCUT2D eigenvalue weighted by atomic mass is 9.98. The van der Waals surface area contributed by atoms with Crippen molar-refractivity contribution in [2.75, 3.05) is 6.73 Å². The average molecular weight is 400 g/mol. The molecule has 0 N–H and O–H groups in total. The lowest BCUT2D eigenvalue weighted by Gasteiger charge is -2.33. The highest BCUT2D eigenvalue weighted by molar-refractivity contribution is 6.23. The Morgan fingerprint density at radius 1 is 1.14 bits per heavy atom. The fraction of sp³-hybridized carbons (Fsp3) is 0.476. The zero-order chi connectivity index (χ0) is 21.3. The summed E-state index contributed by atoms with van der Waals surface area (Å²) in [5, 5.41) is 0. The molecule has 1 saturated heterocycles. The van der Waals surface area contributed by atoms with Crippen molar-refractivity contribution in [1.82, 2.24) is 9.80 Å². The number of fused-ring (bicyclic) bond motifs is 1. The van der Waals surface area contributed by atoms with Crippen LogP contribution in [-0.2, 0) is 19.1 Å². The van der Waals surface area contributed by atoms with Crippen molar-refractivity contribution >= 4 is 29.6 Å². The third-order valence-electron chi connectivity index (χ3n) is 5.21. The molecule has 4 amide bonds. The molecule has 1 unspecified atom stereocenters. The number of hydrogen-bond donors (Lipinski definition) is 0. The van der Waals surface area contributed by atoms with E-state index in [-0.39, 0.29) is 36.3 Å². The Balaban J connectivity index is 1.81. The lowest BCUT2D eigenvalue weighted by molar-refractivity contribution is -0.163. The van der Waals surface area contributed by atoms with Crippen LogP contribution in [0, 0.1) is 0 Å². The van der Waals surface area contributed by atoms with Crippen LogP contribution in [0.2, 0.25) is 0 Å². The van der Waals surface area contributed by atoms with Gasteiger partial charge in [0.25, 0.3) is 17.7 Å². The van der Waals surface area contributed by atoms with E-state index >= 15 is 0 Å². The number of benzene rings is 1. The summed E-state index contributed by atoms with van der Waals surface area (Å²) in [4.78, 5) is 64.1. The molecule has 0 saturated carbocycles. The van der Waals surface area contributed by atoms with Crippen LogP contribution in [0.3, 0.4) is 0 Å². The first-order valence-corrected chi connectivity index (χ1v) is 9.77. The predicted octanol–water partition coefficient (Wildman–Crippen LogP) is 2.22. The van der Waals surface area contributed by atoms with Gasteiger partial charge in [-0.05, 0) is 36.5 Å². The van der Waals surface area contributed by atoms with Crippen molar-refractivity contribution in [3.05, 3.63) is 34.9 Å². The summed E-state index contributed by atoms with van der Waals surface area (Å²) < 4.78 is 4.99. The van der Waals surface area contributed by atoms with E-state index in [1.165, 1.54) is 0 Å². The van der Waals surface area contributed by atoms with Crippen LogP contribution in [0.1, 0.15) is 78.7 Å². The monoisotopic (exact) mass is 400 g/mol. The van der Waals surface area contributed by atoms with Gasteiger partial charge in [-0.3, -0.25) is 28.9 Å². The van der Waals surface area contributed by atoms with E-state index in [2.05, 4.69) is 0 Å². The fourth-order valence-corrected chi connectivity index (χ4v) is 3.53. The van der Waals surface area contributed by atoms with Gasteiger partial charge in [0.15, 0.2) is 6.73 Å². The smallest absolute Gasteiger partial charge is 0.307 e. The van der Waals surface area contributed by atoms with Crippen LogP contribution < -0.4 is 0 Å². The van der Waals surface area contributed by atoms with Crippen LogP contribution >= 0.6 is 0 Å². The van der Waals surface area contributed by atoms with Crippen LogP contribution in [0.5, 0.6) is 0 Å². The second kappa shape index (κ2) is 8.14. The van der Waals surface area contributed by atoms with Crippen molar-refractivity contribution in [1.29, 1.82) is 0 Å². The van der Waals surface area contributed by atoms with E-state index < -0.39 is 42.4 Å². The van der Waals surface area contributed by atoms with Gasteiger partial charge >= 0.3 is 5.97 Å². The summed E-state index contributed by atoms with van der Waals surface area (Å²) in [7, 11) is 0. The highest BCUT2D eigenvalue weighted by Crippen LogP contribution is 2.31. The van der Waals surface area contributed by atoms with Gasteiger partial charge in [0, 0.05) is 12.8 Å². The van der Waals surface area contributed by atoms with E-state index in [4.69, 9.17) is 4.74 Å². The summed E-state index contributed by atoms with van der Waals surface area (Å²) in [6.45, 7) is 5.26. The standard InChI is InChI=1S/C21H24N2O6/c1-4-5-18(25)29-11-22-17(24)9-8-16(21(22)28)23-19(26)14-7-6-13(12(2)3)10-15(14)20(23)27/h6-7,10,12,16H,4-5,8-9,11H2,1-3H3. The molecule has 1 aromatic rings. The molecule has 0 radical (unpaired) electrons. The molecule has 3 rings (SSSR count). The van der Waals surface area contributed by atoms with Crippen LogP contribution in [-0.4, -0.2) is 52.2 Å². The zero-order valence-electron chi connectivity index (χ0n) is 16.8. The van der Waals surface area contributed by atoms with Gasteiger partial charge in [-0.25, -0.2) is 4.90 Å². The maximum Gasteiger partial charge on any atom is 0.307 e. The van der Waals surface area contributed by atoms with Gasteiger partial charge in [0.05, 0.1) is 11.1 Å². The molecule has 0 bridgehead atoms. The fourth-order valence-electron chi connectivity index (χ4n) is 3.53. The second-order valence-corrected chi connectivity index (χ2v) is 7.55. The Kier molecular flexibility index (Phi) is 5.81. The number of imide groups is 2. The molecule has 0 spiro atoms. The Morgan fingerprint density at radius 2 is 1.83 bits per heavy atom. The number of rotatable bonds is 6. The molecule has 1 fully saturated rings. The van der Waals surface area contributed by atoms with E-state index in [1.54, 1.807) is 25.1 Å². The molecular weight excluding hydrogens is 376 g/mol. The molecule has 0 aromatic heterocycles. The average Bonchev–Trinajstić information content (AvgIpc) is 2.92. The summed E-state index contributed by atoms with van der Waals surface area (Å²) >= 11 is 0. The molecule has 8 heteroatoms. The predicted molar refractivity (Wildman–Crippen MR) is 102 cm³/mol. The molecule has 154 valence electrons. The number of likely N-dealkylation sites (tertiary alicyclic amines) is 1. The quantitative estimate of drug-likeness (QED) is 0.536. The SMILES string of the molecule is CCCC(=O)OCN1C(=O)CCC(N2C(=O)c3ccc(C(C)C)cc3C2=O)C1=O. The van der Waals surface area contributed by atoms with E-state index in [9.17, 15) is 24.0 Å². The van der Waals surface area contributed by atoms with E-state index in [1.807, 2.05) is 13.8 Å². The molecule has 1 atom stereocenters. The van der Waals surface area contributed by atoms with Gasteiger partial charge in [-0.15, -0.1) is 0 Å². The minimum Gasteiger partial charge on any atom is -0.444 e. The Hall–Kier alpha value is -3.03. The molecule has 2 heterocycles. The molecule has 2 aliphatic rings.